The van der Waals surface area contributed by atoms with Gasteiger partial charge in [0.05, 0.1) is 0 Å². The number of anilines is 2. The van der Waals surface area contributed by atoms with Gasteiger partial charge in [-0.2, -0.15) is 0 Å². The highest BCUT2D eigenvalue weighted by Crippen LogP contribution is 2.20. The summed E-state index contributed by atoms with van der Waals surface area (Å²) in [7, 11) is 0. The number of rotatable bonds is 5. The molecule has 142 valence electrons. The van der Waals surface area contributed by atoms with E-state index in [2.05, 4.69) is 16.0 Å². The van der Waals surface area contributed by atoms with Crippen LogP contribution in [0.5, 0.6) is 5.75 Å². The van der Waals surface area contributed by atoms with E-state index in [1.54, 1.807) is 24.3 Å². The highest BCUT2D eigenvalue weighted by Gasteiger charge is 2.07. The molecule has 3 N–H and O–H groups in total. The van der Waals surface area contributed by atoms with Crippen LogP contribution in [0.25, 0.3) is 10.8 Å². The van der Waals surface area contributed by atoms with Gasteiger partial charge in [-0.3, -0.25) is 14.9 Å². The van der Waals surface area contributed by atoms with Crippen LogP contribution in [-0.2, 0) is 9.59 Å². The van der Waals surface area contributed by atoms with Crippen molar-refractivity contribution in [2.24, 2.45) is 0 Å². The fourth-order valence-electron chi connectivity index (χ4n) is 2.57. The summed E-state index contributed by atoms with van der Waals surface area (Å²) in [6, 6.07) is 20.5. The number of carbonyl (C=O) groups is 2. The van der Waals surface area contributed by atoms with E-state index < -0.39 is 0 Å². The number of carbonyl (C=O) groups excluding carboxylic acids is 2. The van der Waals surface area contributed by atoms with Gasteiger partial charge in [-0.05, 0) is 59.4 Å². The normalized spacial score (nSPS) is 10.2. The molecule has 28 heavy (non-hydrogen) atoms. The molecule has 0 aliphatic carbocycles. The summed E-state index contributed by atoms with van der Waals surface area (Å²) >= 11 is 5.14. The molecule has 0 radical (unpaired) electrons. The summed E-state index contributed by atoms with van der Waals surface area (Å²) in [5.74, 6) is 0.108. The zero-order chi connectivity index (χ0) is 19.9. The molecule has 0 saturated heterocycles. The zero-order valence-corrected chi connectivity index (χ0v) is 16.0. The first-order chi connectivity index (χ1) is 13.5. The number of hydrogen-bond acceptors (Lipinski definition) is 4. The molecule has 0 heterocycles. The first-order valence-electron chi connectivity index (χ1n) is 8.60. The summed E-state index contributed by atoms with van der Waals surface area (Å²) in [6.45, 7) is 1.29. The Morgan fingerprint density at radius 3 is 2.21 bits per heavy atom. The fourth-order valence-corrected chi connectivity index (χ4v) is 2.80. The number of ether oxygens (including phenoxy) is 1. The lowest BCUT2D eigenvalue weighted by Gasteiger charge is -2.11. The lowest BCUT2D eigenvalue weighted by molar-refractivity contribution is -0.121. The molecule has 2 amide bonds. The second-order valence-electron chi connectivity index (χ2n) is 6.06. The number of thiocarbonyl (C=S) groups is 1. The fraction of sp³-hybridized carbons (Fsp3) is 0.0952. The minimum absolute atomic E-state index is 0.144. The van der Waals surface area contributed by atoms with Crippen LogP contribution >= 0.6 is 12.2 Å². The molecule has 0 atom stereocenters. The minimum atomic E-state index is -0.361. The van der Waals surface area contributed by atoms with Crippen molar-refractivity contribution in [1.82, 2.24) is 5.32 Å². The third-order valence-corrected chi connectivity index (χ3v) is 4.01. The summed E-state index contributed by atoms with van der Waals surface area (Å²) in [5, 5.41) is 10.5. The minimum Gasteiger partial charge on any atom is -0.484 e. The standard InChI is InChI=1S/C21H19N3O3S/c1-14(25)22-17-7-9-18(10-8-17)23-21(28)24-20(26)13-27-19-11-6-15-4-2-3-5-16(15)12-19/h2-12H,13H2,1H3,(H,22,25)(H2,23,24,26,28). The molecule has 0 fully saturated rings. The van der Waals surface area contributed by atoms with Gasteiger partial charge in [0.25, 0.3) is 5.91 Å². The first kappa shape index (κ1) is 19.3. The third-order valence-electron chi connectivity index (χ3n) is 3.81. The van der Waals surface area contributed by atoms with Gasteiger partial charge in [-0.1, -0.05) is 30.3 Å². The number of fused-ring (bicyclic) bond motifs is 1. The van der Waals surface area contributed by atoms with Crippen molar-refractivity contribution < 1.29 is 14.3 Å². The van der Waals surface area contributed by atoms with Crippen LogP contribution in [0.4, 0.5) is 11.4 Å². The van der Waals surface area contributed by atoms with Crippen LogP contribution in [-0.4, -0.2) is 23.5 Å². The molecule has 6 nitrogen and oxygen atoms in total. The molecule has 3 aromatic rings. The summed E-state index contributed by atoms with van der Waals surface area (Å²) in [4.78, 5) is 23.1. The molecule has 0 aliphatic heterocycles. The molecule has 0 spiro atoms. The topological polar surface area (TPSA) is 79.5 Å². The Hall–Kier alpha value is -3.45. The predicted octanol–water partition coefficient (Wildman–Crippen LogP) is 3.69. The Bertz CT molecular complexity index is 1020. The third kappa shape index (κ3) is 5.52. The summed E-state index contributed by atoms with van der Waals surface area (Å²) in [5.41, 5.74) is 1.37. The van der Waals surface area contributed by atoms with Gasteiger partial charge in [0.1, 0.15) is 5.75 Å². The van der Waals surface area contributed by atoms with Gasteiger partial charge in [-0.25, -0.2) is 0 Å². The number of hydrogen-bond donors (Lipinski definition) is 3. The molecule has 0 saturated carbocycles. The lowest BCUT2D eigenvalue weighted by atomic mass is 10.1. The summed E-state index contributed by atoms with van der Waals surface area (Å²) < 4.78 is 5.54. The van der Waals surface area contributed by atoms with E-state index in [-0.39, 0.29) is 23.5 Å². The van der Waals surface area contributed by atoms with Crippen LogP contribution in [0, 0.1) is 0 Å². The van der Waals surface area contributed by atoms with Crippen molar-refractivity contribution in [3.05, 3.63) is 66.7 Å². The van der Waals surface area contributed by atoms with Crippen LogP contribution in [0.3, 0.4) is 0 Å². The molecule has 3 rings (SSSR count). The first-order valence-corrected chi connectivity index (χ1v) is 9.00. The Balaban J connectivity index is 1.48. The van der Waals surface area contributed by atoms with Crippen molar-refractivity contribution in [3.8, 4) is 5.75 Å². The molecule has 0 bridgehead atoms. The van der Waals surface area contributed by atoms with Crippen molar-refractivity contribution in [2.45, 2.75) is 6.92 Å². The Morgan fingerprint density at radius 2 is 1.54 bits per heavy atom. The van der Waals surface area contributed by atoms with E-state index in [1.807, 2.05) is 42.5 Å². The second-order valence-corrected chi connectivity index (χ2v) is 6.47. The van der Waals surface area contributed by atoms with Crippen LogP contribution in [0.1, 0.15) is 6.92 Å². The van der Waals surface area contributed by atoms with E-state index in [4.69, 9.17) is 17.0 Å². The van der Waals surface area contributed by atoms with E-state index in [0.717, 1.165) is 10.8 Å². The smallest absolute Gasteiger partial charge is 0.264 e. The zero-order valence-electron chi connectivity index (χ0n) is 15.2. The number of amides is 2. The van der Waals surface area contributed by atoms with E-state index in [1.165, 1.54) is 6.92 Å². The van der Waals surface area contributed by atoms with Gasteiger partial charge in [-0.15, -0.1) is 0 Å². The lowest BCUT2D eigenvalue weighted by Crippen LogP contribution is -2.37. The summed E-state index contributed by atoms with van der Waals surface area (Å²) in [6.07, 6.45) is 0. The van der Waals surface area contributed by atoms with Crippen LogP contribution < -0.4 is 20.7 Å². The molecular formula is C21H19N3O3S. The largest absolute Gasteiger partial charge is 0.484 e. The Kier molecular flexibility index (Phi) is 6.18. The maximum absolute atomic E-state index is 12.0. The maximum Gasteiger partial charge on any atom is 0.264 e. The molecular weight excluding hydrogens is 374 g/mol. The predicted molar refractivity (Wildman–Crippen MR) is 115 cm³/mol. The number of benzene rings is 3. The van der Waals surface area contributed by atoms with Gasteiger partial charge in [0, 0.05) is 18.3 Å². The quantitative estimate of drug-likeness (QED) is 0.576. The maximum atomic E-state index is 12.0. The Labute approximate surface area is 167 Å². The molecule has 7 heteroatoms. The van der Waals surface area contributed by atoms with Gasteiger partial charge < -0.3 is 15.4 Å². The molecule has 0 aliphatic rings. The van der Waals surface area contributed by atoms with Crippen molar-refractivity contribution in [3.63, 3.8) is 0 Å². The SMILES string of the molecule is CC(=O)Nc1ccc(NC(=S)NC(=O)COc2ccc3ccccc3c2)cc1. The van der Waals surface area contributed by atoms with Crippen molar-refractivity contribution >= 4 is 51.3 Å². The molecule has 0 aromatic heterocycles. The second kappa shape index (κ2) is 8.96. The highest BCUT2D eigenvalue weighted by atomic mass is 32.1. The van der Waals surface area contributed by atoms with Gasteiger partial charge >= 0.3 is 0 Å². The van der Waals surface area contributed by atoms with Crippen LogP contribution in [0.2, 0.25) is 0 Å². The Morgan fingerprint density at radius 1 is 0.893 bits per heavy atom. The van der Waals surface area contributed by atoms with Crippen LogP contribution in [0.15, 0.2) is 66.7 Å². The molecule has 0 unspecified atom stereocenters. The number of nitrogens with one attached hydrogen (secondary N) is 3. The monoisotopic (exact) mass is 393 g/mol. The average Bonchev–Trinajstić information content (AvgIpc) is 2.67. The van der Waals surface area contributed by atoms with Crippen molar-refractivity contribution in [1.29, 1.82) is 0 Å². The van der Waals surface area contributed by atoms with Crippen molar-refractivity contribution in [2.75, 3.05) is 17.2 Å². The van der Waals surface area contributed by atoms with E-state index >= 15 is 0 Å². The van der Waals surface area contributed by atoms with E-state index in [9.17, 15) is 9.59 Å². The average molecular weight is 393 g/mol. The van der Waals surface area contributed by atoms with Gasteiger partial charge in [0.15, 0.2) is 11.7 Å². The highest BCUT2D eigenvalue weighted by molar-refractivity contribution is 7.80. The van der Waals surface area contributed by atoms with E-state index in [0.29, 0.717) is 17.1 Å². The molecule has 3 aromatic carbocycles. The van der Waals surface area contributed by atoms with Gasteiger partial charge in [0.2, 0.25) is 5.91 Å².